The molecule has 11 nitrogen and oxygen atoms in total. The Morgan fingerprint density at radius 3 is 2.76 bits per heavy atom. The number of hydrogen-bond acceptors (Lipinski definition) is 7. The number of aromatic nitrogens is 1. The molecule has 29 heavy (non-hydrogen) atoms. The van der Waals surface area contributed by atoms with Crippen LogP contribution in [0.3, 0.4) is 0 Å². The molecule has 0 saturated carbocycles. The third-order valence-electron chi connectivity index (χ3n) is 3.54. The molecule has 1 amide bonds. The van der Waals surface area contributed by atoms with Crippen molar-refractivity contribution >= 4 is 12.1 Å². The third-order valence-corrected chi connectivity index (χ3v) is 3.54. The number of rotatable bonds is 10. The Kier molecular flexibility index (Phi) is 10.6. The van der Waals surface area contributed by atoms with E-state index in [0.29, 0.717) is 25.9 Å². The molecule has 0 unspecified atom stereocenters. The summed E-state index contributed by atoms with van der Waals surface area (Å²) >= 11 is 0. The SMILES string of the molecule is CC(C)(C)OC(=O)NC(=N[N+](=O)[O-])NCCC[C@H](N)CNCCc1ccccn1. The van der Waals surface area contributed by atoms with Gasteiger partial charge in [0.05, 0.1) is 0 Å². The topological polar surface area (TPSA) is 157 Å². The summed E-state index contributed by atoms with van der Waals surface area (Å²) in [6.45, 7) is 6.87. The van der Waals surface area contributed by atoms with Gasteiger partial charge in [-0.15, -0.1) is 0 Å². The fraction of sp³-hybridized carbons (Fsp3) is 0.611. The summed E-state index contributed by atoms with van der Waals surface area (Å²) in [7, 11) is 0. The molecular formula is C18H31N7O4. The number of nitrogens with two attached hydrogens (primary N) is 1. The zero-order chi connectivity index (χ0) is 21.7. The number of guanidine groups is 1. The lowest BCUT2D eigenvalue weighted by atomic mass is 10.1. The molecular weight excluding hydrogens is 378 g/mol. The molecule has 0 aliphatic carbocycles. The summed E-state index contributed by atoms with van der Waals surface area (Å²) in [6, 6.07) is 5.75. The van der Waals surface area contributed by atoms with E-state index >= 15 is 0 Å². The van der Waals surface area contributed by atoms with Crippen LogP contribution in [-0.2, 0) is 11.2 Å². The molecule has 0 fully saturated rings. The van der Waals surface area contributed by atoms with Crippen LogP contribution in [0.4, 0.5) is 4.79 Å². The first-order valence-electron chi connectivity index (χ1n) is 9.49. The maximum atomic E-state index is 11.7. The minimum absolute atomic E-state index is 0.0600. The van der Waals surface area contributed by atoms with Gasteiger partial charge in [-0.1, -0.05) is 6.07 Å². The summed E-state index contributed by atoms with van der Waals surface area (Å²) in [5.74, 6) is -0.272. The van der Waals surface area contributed by atoms with Gasteiger partial charge in [0.15, 0.2) is 5.03 Å². The molecule has 1 rings (SSSR count). The zero-order valence-electron chi connectivity index (χ0n) is 17.2. The molecule has 0 aliphatic rings. The second-order valence-corrected chi connectivity index (χ2v) is 7.42. The number of carbonyl (C=O) groups excluding carboxylic acids is 1. The lowest BCUT2D eigenvalue weighted by Crippen LogP contribution is -2.44. The van der Waals surface area contributed by atoms with Crippen LogP contribution >= 0.6 is 0 Å². The van der Waals surface area contributed by atoms with Crippen LogP contribution in [0.25, 0.3) is 0 Å². The van der Waals surface area contributed by atoms with Crippen LogP contribution in [0.1, 0.15) is 39.3 Å². The zero-order valence-corrected chi connectivity index (χ0v) is 17.2. The first-order chi connectivity index (χ1) is 13.7. The van der Waals surface area contributed by atoms with Crippen LogP contribution < -0.4 is 21.7 Å². The monoisotopic (exact) mass is 409 g/mol. The van der Waals surface area contributed by atoms with E-state index in [1.165, 1.54) is 0 Å². The normalized spacial score (nSPS) is 12.9. The van der Waals surface area contributed by atoms with Gasteiger partial charge in [-0.2, -0.15) is 0 Å². The number of carbonyl (C=O) groups is 1. The Hall–Kier alpha value is -2.79. The van der Waals surface area contributed by atoms with E-state index in [2.05, 4.69) is 26.0 Å². The number of alkyl carbamates (subject to hydrolysis) is 1. The predicted molar refractivity (Wildman–Crippen MR) is 110 cm³/mol. The minimum atomic E-state index is -0.892. The Balaban J connectivity index is 2.24. The standard InChI is InChI=1S/C18H31N7O4/c1-18(2,3)29-17(26)23-16(24-25(27)28)22-11-6-7-14(19)13-20-12-9-15-8-4-5-10-21-15/h4-5,8,10,14,20H,6-7,9,11-13,19H2,1-3H3,(H2,22,23,24,26)/t14-/m0/s1. The fourth-order valence-electron chi connectivity index (χ4n) is 2.31. The van der Waals surface area contributed by atoms with Gasteiger partial charge in [0.25, 0.3) is 5.96 Å². The number of nitrogens with one attached hydrogen (secondary N) is 3. The molecule has 0 aromatic carbocycles. The van der Waals surface area contributed by atoms with E-state index in [1.54, 1.807) is 27.0 Å². The van der Waals surface area contributed by atoms with Crippen molar-refractivity contribution in [2.24, 2.45) is 10.8 Å². The molecule has 1 aromatic rings. The van der Waals surface area contributed by atoms with Crippen molar-refractivity contribution < 1.29 is 14.6 Å². The lowest BCUT2D eigenvalue weighted by Gasteiger charge is -2.19. The van der Waals surface area contributed by atoms with E-state index in [9.17, 15) is 14.9 Å². The van der Waals surface area contributed by atoms with Crippen molar-refractivity contribution in [3.63, 3.8) is 0 Å². The van der Waals surface area contributed by atoms with Gasteiger partial charge < -0.3 is 21.1 Å². The molecule has 1 aromatic heterocycles. The van der Waals surface area contributed by atoms with Crippen molar-refractivity contribution in [2.75, 3.05) is 19.6 Å². The van der Waals surface area contributed by atoms with E-state index in [4.69, 9.17) is 10.5 Å². The summed E-state index contributed by atoms with van der Waals surface area (Å²) in [5, 5.41) is 21.1. The van der Waals surface area contributed by atoms with Crippen LogP contribution in [0, 0.1) is 10.1 Å². The maximum Gasteiger partial charge on any atom is 0.414 e. The van der Waals surface area contributed by atoms with E-state index in [0.717, 1.165) is 18.7 Å². The molecule has 0 spiro atoms. The molecule has 0 saturated heterocycles. The van der Waals surface area contributed by atoms with Crippen LogP contribution in [0.15, 0.2) is 29.5 Å². The van der Waals surface area contributed by atoms with Crippen molar-refractivity contribution in [1.29, 1.82) is 0 Å². The largest absolute Gasteiger partial charge is 0.444 e. The fourth-order valence-corrected chi connectivity index (χ4v) is 2.31. The number of pyridine rings is 1. The van der Waals surface area contributed by atoms with Crippen molar-refractivity contribution in [1.82, 2.24) is 20.9 Å². The average molecular weight is 409 g/mol. The number of hydrogen-bond donors (Lipinski definition) is 4. The smallest absolute Gasteiger partial charge is 0.414 e. The van der Waals surface area contributed by atoms with E-state index in [-0.39, 0.29) is 12.0 Å². The van der Waals surface area contributed by atoms with Crippen molar-refractivity contribution in [3.05, 3.63) is 40.2 Å². The number of nitrogens with zero attached hydrogens (tertiary/aromatic N) is 3. The molecule has 162 valence electrons. The van der Waals surface area contributed by atoms with Crippen LogP contribution in [0.2, 0.25) is 0 Å². The highest BCUT2D eigenvalue weighted by Gasteiger charge is 2.18. The minimum Gasteiger partial charge on any atom is -0.444 e. The summed E-state index contributed by atoms with van der Waals surface area (Å²) < 4.78 is 5.05. The summed E-state index contributed by atoms with van der Waals surface area (Å²) in [4.78, 5) is 26.6. The first kappa shape index (κ1) is 24.2. The molecule has 0 bridgehead atoms. The van der Waals surface area contributed by atoms with Crippen LogP contribution in [-0.4, -0.2) is 53.3 Å². The second kappa shape index (κ2) is 12.6. The number of amides is 1. The third kappa shape index (κ3) is 13.1. The summed E-state index contributed by atoms with van der Waals surface area (Å²) in [6.07, 6.45) is 3.12. The molecule has 0 radical (unpaired) electrons. The molecule has 11 heteroatoms. The maximum absolute atomic E-state index is 11.7. The molecule has 5 N–H and O–H groups in total. The second-order valence-electron chi connectivity index (χ2n) is 7.42. The Bertz CT molecular complexity index is 662. The highest BCUT2D eigenvalue weighted by molar-refractivity contribution is 5.93. The van der Waals surface area contributed by atoms with E-state index < -0.39 is 16.7 Å². The highest BCUT2D eigenvalue weighted by Crippen LogP contribution is 2.06. The molecule has 1 heterocycles. The number of ether oxygens (including phenoxy) is 1. The average Bonchev–Trinajstić information content (AvgIpc) is 2.61. The van der Waals surface area contributed by atoms with Gasteiger partial charge in [0.2, 0.25) is 0 Å². The molecule has 0 aliphatic heterocycles. The first-order valence-corrected chi connectivity index (χ1v) is 9.49. The van der Waals surface area contributed by atoms with Gasteiger partial charge in [-0.05, 0) is 45.7 Å². The number of hydrazone groups is 1. The lowest BCUT2D eigenvalue weighted by molar-refractivity contribution is -0.485. The highest BCUT2D eigenvalue weighted by atomic mass is 16.7. The van der Waals surface area contributed by atoms with Crippen molar-refractivity contribution in [3.8, 4) is 0 Å². The summed E-state index contributed by atoms with van der Waals surface area (Å²) in [5.41, 5.74) is 6.37. The van der Waals surface area contributed by atoms with Crippen LogP contribution in [0.5, 0.6) is 0 Å². The van der Waals surface area contributed by atoms with Crippen molar-refractivity contribution in [2.45, 2.75) is 51.7 Å². The molecule has 1 atom stereocenters. The quantitative estimate of drug-likeness (QED) is 0.146. The van der Waals surface area contributed by atoms with Gasteiger partial charge in [0, 0.05) is 44.0 Å². The Morgan fingerprint density at radius 1 is 1.38 bits per heavy atom. The van der Waals surface area contributed by atoms with Gasteiger partial charge in [0.1, 0.15) is 10.7 Å². The van der Waals surface area contributed by atoms with Gasteiger partial charge >= 0.3 is 6.09 Å². The predicted octanol–water partition coefficient (Wildman–Crippen LogP) is 0.983. The Labute approximate surface area is 170 Å². The van der Waals surface area contributed by atoms with Gasteiger partial charge in [-0.25, -0.2) is 14.9 Å². The van der Waals surface area contributed by atoms with Gasteiger partial charge in [-0.3, -0.25) is 10.3 Å². The Morgan fingerprint density at radius 2 is 2.14 bits per heavy atom. The van der Waals surface area contributed by atoms with E-state index in [1.807, 2.05) is 18.2 Å². The number of nitro groups is 1.